The quantitative estimate of drug-likeness (QED) is 0.353. The Balaban J connectivity index is 1.66. The van der Waals surface area contributed by atoms with Gasteiger partial charge in [0.15, 0.2) is 5.96 Å². The molecular formula is C21H36N4O2. The summed E-state index contributed by atoms with van der Waals surface area (Å²) in [6, 6.07) is 8.47. The van der Waals surface area contributed by atoms with Gasteiger partial charge in [-0.25, -0.2) is 0 Å². The largest absolute Gasteiger partial charge is 0.379 e. The predicted molar refractivity (Wildman–Crippen MR) is 111 cm³/mol. The molecule has 27 heavy (non-hydrogen) atoms. The van der Waals surface area contributed by atoms with Crippen LogP contribution in [-0.2, 0) is 22.6 Å². The highest BCUT2D eigenvalue weighted by Crippen LogP contribution is 2.08. The van der Waals surface area contributed by atoms with Gasteiger partial charge in [-0.1, -0.05) is 30.7 Å². The van der Waals surface area contributed by atoms with E-state index in [9.17, 15) is 0 Å². The lowest BCUT2D eigenvalue weighted by Gasteiger charge is -2.26. The van der Waals surface area contributed by atoms with Crippen molar-refractivity contribution in [3.63, 3.8) is 0 Å². The Morgan fingerprint density at radius 1 is 1.07 bits per heavy atom. The van der Waals surface area contributed by atoms with E-state index in [1.165, 1.54) is 43.5 Å². The Labute approximate surface area is 164 Å². The lowest BCUT2D eigenvalue weighted by atomic mass is 10.1. The molecule has 6 heteroatoms. The fourth-order valence-corrected chi connectivity index (χ4v) is 3.20. The maximum Gasteiger partial charge on any atom is 0.191 e. The molecule has 1 aliphatic heterocycles. The summed E-state index contributed by atoms with van der Waals surface area (Å²) in [6.45, 7) is 9.83. The molecule has 0 radical (unpaired) electrons. The van der Waals surface area contributed by atoms with Crippen LogP contribution in [0.2, 0.25) is 0 Å². The Morgan fingerprint density at radius 2 is 1.85 bits per heavy atom. The Bertz CT molecular complexity index is 545. The molecule has 2 N–H and O–H groups in total. The number of hydrogen-bond donors (Lipinski definition) is 2. The standard InChI is InChI=1S/C21H36N4O2/c1-3-26-14-15-27-18-20-9-7-8-19(16-20)17-24-21(22-2)23-10-13-25-11-5-4-6-12-25/h7-9,16H,3-6,10-15,17-18H2,1-2H3,(H2,22,23,24). The zero-order valence-electron chi connectivity index (χ0n) is 17.0. The fraction of sp³-hybridized carbons (Fsp3) is 0.667. The molecule has 1 aliphatic rings. The van der Waals surface area contributed by atoms with Gasteiger partial charge in [-0.05, 0) is 44.0 Å². The van der Waals surface area contributed by atoms with Crippen LogP contribution in [-0.4, -0.2) is 63.9 Å². The van der Waals surface area contributed by atoms with Gasteiger partial charge in [0, 0.05) is 33.3 Å². The smallest absolute Gasteiger partial charge is 0.191 e. The molecule has 152 valence electrons. The second kappa shape index (κ2) is 13.5. The van der Waals surface area contributed by atoms with Crippen LogP contribution in [0.15, 0.2) is 29.3 Å². The van der Waals surface area contributed by atoms with Gasteiger partial charge in [-0.3, -0.25) is 4.99 Å². The van der Waals surface area contributed by atoms with E-state index in [1.54, 1.807) is 0 Å². The minimum absolute atomic E-state index is 0.615. The third-order valence-electron chi connectivity index (χ3n) is 4.69. The summed E-state index contributed by atoms with van der Waals surface area (Å²) < 4.78 is 10.9. The molecule has 1 fully saturated rings. The van der Waals surface area contributed by atoms with Gasteiger partial charge in [0.1, 0.15) is 0 Å². The number of hydrogen-bond acceptors (Lipinski definition) is 4. The first-order valence-electron chi connectivity index (χ1n) is 10.2. The van der Waals surface area contributed by atoms with Crippen LogP contribution < -0.4 is 10.6 Å². The van der Waals surface area contributed by atoms with Crippen molar-refractivity contribution in [1.82, 2.24) is 15.5 Å². The van der Waals surface area contributed by atoms with Gasteiger partial charge < -0.3 is 25.0 Å². The zero-order valence-corrected chi connectivity index (χ0v) is 17.0. The molecular weight excluding hydrogens is 340 g/mol. The van der Waals surface area contributed by atoms with E-state index in [4.69, 9.17) is 9.47 Å². The van der Waals surface area contributed by atoms with Crippen molar-refractivity contribution in [2.75, 3.05) is 53.0 Å². The molecule has 6 nitrogen and oxygen atoms in total. The lowest BCUT2D eigenvalue weighted by Crippen LogP contribution is -2.42. The van der Waals surface area contributed by atoms with E-state index in [1.807, 2.05) is 14.0 Å². The fourth-order valence-electron chi connectivity index (χ4n) is 3.20. The Kier molecular flexibility index (Phi) is 10.9. The van der Waals surface area contributed by atoms with Gasteiger partial charge in [0.05, 0.1) is 19.8 Å². The Morgan fingerprint density at radius 3 is 2.63 bits per heavy atom. The number of ether oxygens (including phenoxy) is 2. The predicted octanol–water partition coefficient (Wildman–Crippen LogP) is 2.39. The summed E-state index contributed by atoms with van der Waals surface area (Å²) in [5, 5.41) is 6.81. The summed E-state index contributed by atoms with van der Waals surface area (Å²) >= 11 is 0. The molecule has 0 unspecified atom stereocenters. The first-order chi connectivity index (χ1) is 13.3. The maximum atomic E-state index is 5.65. The number of benzene rings is 1. The van der Waals surface area contributed by atoms with Gasteiger partial charge in [-0.2, -0.15) is 0 Å². The third-order valence-corrected chi connectivity index (χ3v) is 4.69. The molecule has 0 aliphatic carbocycles. The van der Waals surface area contributed by atoms with Crippen molar-refractivity contribution < 1.29 is 9.47 Å². The van der Waals surface area contributed by atoms with E-state index < -0.39 is 0 Å². The molecule has 1 heterocycles. The minimum Gasteiger partial charge on any atom is -0.379 e. The number of aliphatic imine (C=N–C) groups is 1. The molecule has 0 aromatic heterocycles. The first kappa shape index (κ1) is 21.7. The van der Waals surface area contributed by atoms with E-state index in [-0.39, 0.29) is 0 Å². The van der Waals surface area contributed by atoms with E-state index in [0.717, 1.165) is 32.2 Å². The van der Waals surface area contributed by atoms with Crippen LogP contribution in [0.3, 0.4) is 0 Å². The van der Waals surface area contributed by atoms with Gasteiger partial charge >= 0.3 is 0 Å². The average Bonchev–Trinajstić information content (AvgIpc) is 2.71. The second-order valence-corrected chi connectivity index (χ2v) is 6.82. The normalized spacial score (nSPS) is 15.7. The molecule has 0 atom stereocenters. The first-order valence-corrected chi connectivity index (χ1v) is 10.2. The van der Waals surface area contributed by atoms with Crippen LogP contribution >= 0.6 is 0 Å². The molecule has 2 rings (SSSR count). The van der Waals surface area contributed by atoms with E-state index in [2.05, 4.69) is 44.8 Å². The number of rotatable bonds is 11. The second-order valence-electron chi connectivity index (χ2n) is 6.82. The summed E-state index contributed by atoms with van der Waals surface area (Å²) in [4.78, 5) is 6.85. The lowest BCUT2D eigenvalue weighted by molar-refractivity contribution is 0.0453. The maximum absolute atomic E-state index is 5.65. The molecule has 1 aromatic carbocycles. The molecule has 1 aromatic rings. The van der Waals surface area contributed by atoms with Gasteiger partial charge in [-0.15, -0.1) is 0 Å². The summed E-state index contributed by atoms with van der Waals surface area (Å²) in [5.74, 6) is 0.852. The Hall–Kier alpha value is -1.63. The van der Waals surface area contributed by atoms with Crippen LogP contribution in [0.5, 0.6) is 0 Å². The van der Waals surface area contributed by atoms with Crippen molar-refractivity contribution in [1.29, 1.82) is 0 Å². The molecule has 0 spiro atoms. The number of guanidine groups is 1. The number of likely N-dealkylation sites (tertiary alicyclic amines) is 1. The molecule has 0 saturated carbocycles. The van der Waals surface area contributed by atoms with Gasteiger partial charge in [0.25, 0.3) is 0 Å². The monoisotopic (exact) mass is 376 g/mol. The van der Waals surface area contributed by atoms with Crippen LogP contribution in [0.4, 0.5) is 0 Å². The third kappa shape index (κ3) is 9.22. The SMILES string of the molecule is CCOCCOCc1cccc(CNC(=NC)NCCN2CCCCC2)c1. The highest BCUT2D eigenvalue weighted by Gasteiger charge is 2.09. The topological polar surface area (TPSA) is 58.1 Å². The molecule has 0 bridgehead atoms. The van der Waals surface area contributed by atoms with Crippen molar-refractivity contribution >= 4 is 5.96 Å². The summed E-state index contributed by atoms with van der Waals surface area (Å²) in [5.41, 5.74) is 2.40. The zero-order chi connectivity index (χ0) is 19.2. The van der Waals surface area contributed by atoms with Crippen molar-refractivity contribution in [3.8, 4) is 0 Å². The van der Waals surface area contributed by atoms with Crippen molar-refractivity contribution in [3.05, 3.63) is 35.4 Å². The number of nitrogens with one attached hydrogen (secondary N) is 2. The minimum atomic E-state index is 0.615. The van der Waals surface area contributed by atoms with Crippen LogP contribution in [0.1, 0.15) is 37.3 Å². The summed E-state index contributed by atoms with van der Waals surface area (Å²) in [7, 11) is 1.82. The van der Waals surface area contributed by atoms with E-state index >= 15 is 0 Å². The van der Waals surface area contributed by atoms with Crippen molar-refractivity contribution in [2.45, 2.75) is 39.3 Å². The number of nitrogens with zero attached hydrogens (tertiary/aromatic N) is 2. The highest BCUT2D eigenvalue weighted by molar-refractivity contribution is 5.79. The summed E-state index contributed by atoms with van der Waals surface area (Å²) in [6.07, 6.45) is 4.04. The number of piperidine rings is 1. The average molecular weight is 377 g/mol. The van der Waals surface area contributed by atoms with Crippen molar-refractivity contribution in [2.24, 2.45) is 4.99 Å². The van der Waals surface area contributed by atoms with E-state index in [0.29, 0.717) is 19.8 Å². The van der Waals surface area contributed by atoms with Crippen LogP contribution in [0.25, 0.3) is 0 Å². The molecule has 1 saturated heterocycles. The van der Waals surface area contributed by atoms with Crippen LogP contribution in [0, 0.1) is 0 Å². The highest BCUT2D eigenvalue weighted by atomic mass is 16.5. The van der Waals surface area contributed by atoms with Gasteiger partial charge in [0.2, 0.25) is 0 Å². The molecule has 0 amide bonds.